The standard InChI is InChI=1S/C16H12Cl2N2O4/c17-10-5-9(15(21)11(18)6-10)7-19-20-16(22)14-8-23-12-3-1-2-4-13(12)24-14/h1-7,14,21H,8H2,(H,20,22)/b19-7+/t14-/m0/s1. The number of hydrazone groups is 1. The van der Waals surface area contributed by atoms with Gasteiger partial charge in [-0.1, -0.05) is 35.3 Å². The third kappa shape index (κ3) is 3.55. The molecule has 2 aromatic rings. The quantitative estimate of drug-likeness (QED) is 0.646. The summed E-state index contributed by atoms with van der Waals surface area (Å²) >= 11 is 11.7. The highest BCUT2D eigenvalue weighted by Gasteiger charge is 2.27. The summed E-state index contributed by atoms with van der Waals surface area (Å²) in [6, 6.07) is 9.94. The maximum Gasteiger partial charge on any atom is 0.284 e. The number of carbonyl (C=O) groups excluding carboxylic acids is 1. The Bertz CT molecular complexity index is 811. The molecule has 0 radical (unpaired) electrons. The molecular formula is C16H12Cl2N2O4. The smallest absolute Gasteiger partial charge is 0.284 e. The fraction of sp³-hybridized carbons (Fsp3) is 0.125. The number of ether oxygens (including phenoxy) is 2. The fourth-order valence-electron chi connectivity index (χ4n) is 2.07. The third-order valence-corrected chi connectivity index (χ3v) is 3.74. The lowest BCUT2D eigenvalue weighted by Gasteiger charge is -2.24. The number of rotatable bonds is 3. The molecule has 0 fully saturated rings. The molecule has 1 aliphatic heterocycles. The van der Waals surface area contributed by atoms with E-state index in [0.717, 1.165) is 0 Å². The fourth-order valence-corrected chi connectivity index (χ4v) is 2.58. The van der Waals surface area contributed by atoms with Crippen molar-refractivity contribution in [3.8, 4) is 17.2 Å². The summed E-state index contributed by atoms with van der Waals surface area (Å²) in [5.74, 6) is 0.425. The van der Waals surface area contributed by atoms with Crippen LogP contribution in [0.4, 0.5) is 0 Å². The van der Waals surface area contributed by atoms with Crippen LogP contribution >= 0.6 is 23.2 Å². The first-order valence-corrected chi connectivity index (χ1v) is 7.69. The van der Waals surface area contributed by atoms with Gasteiger partial charge in [-0.05, 0) is 24.3 Å². The zero-order valence-corrected chi connectivity index (χ0v) is 13.7. The second-order valence-electron chi connectivity index (χ2n) is 4.92. The largest absolute Gasteiger partial charge is 0.506 e. The molecule has 2 aromatic carbocycles. The Morgan fingerprint density at radius 2 is 2.04 bits per heavy atom. The average Bonchev–Trinajstić information content (AvgIpc) is 2.58. The van der Waals surface area contributed by atoms with Gasteiger partial charge in [0.05, 0.1) is 11.2 Å². The minimum atomic E-state index is -0.825. The van der Waals surface area contributed by atoms with Gasteiger partial charge in [0.2, 0.25) is 6.10 Å². The van der Waals surface area contributed by atoms with Gasteiger partial charge < -0.3 is 14.6 Å². The van der Waals surface area contributed by atoms with Gasteiger partial charge in [-0.15, -0.1) is 0 Å². The number of benzene rings is 2. The lowest BCUT2D eigenvalue weighted by atomic mass is 10.2. The number of amides is 1. The third-order valence-electron chi connectivity index (χ3n) is 3.24. The van der Waals surface area contributed by atoms with E-state index in [1.54, 1.807) is 18.2 Å². The van der Waals surface area contributed by atoms with E-state index in [4.69, 9.17) is 32.7 Å². The predicted molar refractivity (Wildman–Crippen MR) is 90.2 cm³/mol. The van der Waals surface area contributed by atoms with Crippen molar-refractivity contribution in [2.75, 3.05) is 6.61 Å². The van der Waals surface area contributed by atoms with Crippen LogP contribution in [0.15, 0.2) is 41.5 Å². The van der Waals surface area contributed by atoms with Gasteiger partial charge >= 0.3 is 0 Å². The highest BCUT2D eigenvalue weighted by Crippen LogP contribution is 2.31. The Morgan fingerprint density at radius 3 is 2.83 bits per heavy atom. The summed E-state index contributed by atoms with van der Waals surface area (Å²) in [7, 11) is 0. The van der Waals surface area contributed by atoms with Crippen LogP contribution in [0.25, 0.3) is 0 Å². The first-order chi connectivity index (χ1) is 11.5. The number of hydrogen-bond donors (Lipinski definition) is 2. The Balaban J connectivity index is 1.64. The van der Waals surface area contributed by atoms with E-state index < -0.39 is 12.0 Å². The van der Waals surface area contributed by atoms with Crippen LogP contribution < -0.4 is 14.9 Å². The number of phenols is 1. The van der Waals surface area contributed by atoms with Crippen LogP contribution in [-0.4, -0.2) is 29.9 Å². The van der Waals surface area contributed by atoms with Gasteiger partial charge in [0.15, 0.2) is 11.5 Å². The average molecular weight is 367 g/mol. The Morgan fingerprint density at radius 1 is 1.29 bits per heavy atom. The number of para-hydroxylation sites is 2. The Labute approximate surface area is 147 Å². The first kappa shape index (κ1) is 16.4. The van der Waals surface area contributed by atoms with E-state index in [0.29, 0.717) is 16.5 Å². The number of aromatic hydroxyl groups is 1. The molecule has 0 unspecified atom stereocenters. The minimum absolute atomic E-state index is 0.0760. The first-order valence-electron chi connectivity index (χ1n) is 6.94. The maximum atomic E-state index is 12.1. The molecule has 2 N–H and O–H groups in total. The number of halogens is 2. The van der Waals surface area contributed by atoms with Gasteiger partial charge in [0.25, 0.3) is 5.91 Å². The normalized spacial score (nSPS) is 16.2. The van der Waals surface area contributed by atoms with E-state index in [-0.39, 0.29) is 22.9 Å². The topological polar surface area (TPSA) is 80.2 Å². The molecule has 0 aromatic heterocycles. The summed E-state index contributed by atoms with van der Waals surface area (Å²) < 4.78 is 11.0. The number of carbonyl (C=O) groups is 1. The van der Waals surface area contributed by atoms with Gasteiger partial charge in [-0.3, -0.25) is 4.79 Å². The highest BCUT2D eigenvalue weighted by atomic mass is 35.5. The van der Waals surface area contributed by atoms with Crippen LogP contribution in [0.3, 0.4) is 0 Å². The van der Waals surface area contributed by atoms with Gasteiger partial charge in [0.1, 0.15) is 12.4 Å². The lowest BCUT2D eigenvalue weighted by molar-refractivity contribution is -0.130. The van der Waals surface area contributed by atoms with Gasteiger partial charge in [0, 0.05) is 10.6 Å². The maximum absolute atomic E-state index is 12.1. The molecular weight excluding hydrogens is 355 g/mol. The van der Waals surface area contributed by atoms with E-state index in [9.17, 15) is 9.90 Å². The molecule has 24 heavy (non-hydrogen) atoms. The van der Waals surface area contributed by atoms with Crippen LogP contribution in [0.2, 0.25) is 10.0 Å². The zero-order valence-electron chi connectivity index (χ0n) is 12.2. The van der Waals surface area contributed by atoms with Crippen molar-refractivity contribution in [1.29, 1.82) is 0 Å². The highest BCUT2D eigenvalue weighted by molar-refractivity contribution is 6.36. The number of phenolic OH excluding ortho intramolecular Hbond substituents is 1. The second kappa shape index (κ2) is 6.98. The Kier molecular flexibility index (Phi) is 4.78. The monoisotopic (exact) mass is 366 g/mol. The minimum Gasteiger partial charge on any atom is -0.506 e. The van der Waals surface area contributed by atoms with E-state index in [1.165, 1.54) is 18.3 Å². The number of nitrogens with one attached hydrogen (secondary N) is 1. The van der Waals surface area contributed by atoms with E-state index >= 15 is 0 Å². The number of nitrogens with zero attached hydrogens (tertiary/aromatic N) is 1. The molecule has 0 saturated heterocycles. The molecule has 6 nitrogen and oxygen atoms in total. The SMILES string of the molecule is O=C(N/N=C/c1cc(Cl)cc(Cl)c1O)[C@@H]1COc2ccccc2O1. The number of fused-ring (bicyclic) bond motifs is 1. The van der Waals surface area contributed by atoms with Crippen LogP contribution in [0.1, 0.15) is 5.56 Å². The van der Waals surface area contributed by atoms with Crippen molar-refractivity contribution in [1.82, 2.24) is 5.43 Å². The molecule has 0 aliphatic carbocycles. The van der Waals surface area contributed by atoms with Crippen molar-refractivity contribution >= 4 is 35.3 Å². The zero-order chi connectivity index (χ0) is 17.1. The molecule has 0 saturated carbocycles. The van der Waals surface area contributed by atoms with Crippen molar-refractivity contribution in [2.24, 2.45) is 5.10 Å². The van der Waals surface area contributed by atoms with E-state index in [1.807, 2.05) is 6.07 Å². The molecule has 3 rings (SSSR count). The molecule has 1 atom stereocenters. The second-order valence-corrected chi connectivity index (χ2v) is 5.77. The van der Waals surface area contributed by atoms with Crippen molar-refractivity contribution in [2.45, 2.75) is 6.10 Å². The van der Waals surface area contributed by atoms with Gasteiger partial charge in [-0.25, -0.2) is 5.43 Å². The Hall–Kier alpha value is -2.44. The molecule has 8 heteroatoms. The summed E-state index contributed by atoms with van der Waals surface area (Å²) in [6.45, 7) is 0.0760. The van der Waals surface area contributed by atoms with E-state index in [2.05, 4.69) is 10.5 Å². The van der Waals surface area contributed by atoms with Crippen molar-refractivity contribution < 1.29 is 19.4 Å². The molecule has 1 heterocycles. The van der Waals surface area contributed by atoms with Crippen LogP contribution in [0, 0.1) is 0 Å². The lowest BCUT2D eigenvalue weighted by Crippen LogP contribution is -2.42. The molecule has 1 amide bonds. The molecule has 1 aliphatic rings. The molecule has 0 bridgehead atoms. The number of hydrogen-bond acceptors (Lipinski definition) is 5. The van der Waals surface area contributed by atoms with Crippen LogP contribution in [-0.2, 0) is 4.79 Å². The van der Waals surface area contributed by atoms with Crippen molar-refractivity contribution in [3.63, 3.8) is 0 Å². The molecule has 124 valence electrons. The van der Waals surface area contributed by atoms with Crippen LogP contribution in [0.5, 0.6) is 17.2 Å². The summed E-state index contributed by atoms with van der Waals surface area (Å²) in [5.41, 5.74) is 2.60. The summed E-state index contributed by atoms with van der Waals surface area (Å²) in [6.07, 6.45) is 0.413. The molecule has 0 spiro atoms. The van der Waals surface area contributed by atoms with Crippen molar-refractivity contribution in [3.05, 3.63) is 52.0 Å². The predicted octanol–water partition coefficient (Wildman–Crippen LogP) is 2.99. The van der Waals surface area contributed by atoms with Gasteiger partial charge in [-0.2, -0.15) is 5.10 Å². The summed E-state index contributed by atoms with van der Waals surface area (Å²) in [5, 5.41) is 14.0. The summed E-state index contributed by atoms with van der Waals surface area (Å²) in [4.78, 5) is 12.1.